The number of furan rings is 1. The molecule has 0 aliphatic carbocycles. The molecule has 1 aliphatic rings. The van der Waals surface area contributed by atoms with Gasteiger partial charge in [-0.1, -0.05) is 0 Å². The van der Waals surface area contributed by atoms with Crippen molar-refractivity contribution in [2.75, 3.05) is 26.7 Å². The molecule has 1 aliphatic heterocycles. The number of carbonyl (C=O) groups excluding carboxylic acids is 1. The van der Waals surface area contributed by atoms with Gasteiger partial charge in [0.1, 0.15) is 11.8 Å². The van der Waals surface area contributed by atoms with E-state index in [4.69, 9.17) is 4.42 Å². The second-order valence-electron chi connectivity index (χ2n) is 4.39. The number of likely N-dealkylation sites (N-methyl/N-ethyl adjacent to an activating group) is 1. The number of nitrogens with one attached hydrogen (secondary N) is 2. The van der Waals surface area contributed by atoms with Gasteiger partial charge in [-0.2, -0.15) is 0 Å². The van der Waals surface area contributed by atoms with E-state index in [-0.39, 0.29) is 18.0 Å². The number of rotatable bonds is 3. The molecule has 18 heavy (non-hydrogen) atoms. The lowest BCUT2D eigenvalue weighted by molar-refractivity contribution is -0.127. The number of halogens is 1. The molecule has 2 unspecified atom stereocenters. The van der Waals surface area contributed by atoms with Crippen LogP contribution >= 0.6 is 15.9 Å². The first-order chi connectivity index (χ1) is 8.63. The van der Waals surface area contributed by atoms with Gasteiger partial charge >= 0.3 is 0 Å². The highest BCUT2D eigenvalue weighted by atomic mass is 79.9. The minimum Gasteiger partial charge on any atom is -0.453 e. The zero-order valence-corrected chi connectivity index (χ0v) is 12.2. The number of amides is 1. The van der Waals surface area contributed by atoms with Crippen molar-refractivity contribution in [3.8, 4) is 0 Å². The van der Waals surface area contributed by atoms with Gasteiger partial charge in [0.2, 0.25) is 5.91 Å². The first-order valence-corrected chi connectivity index (χ1v) is 6.86. The standard InChI is InChI=1S/C12H18BrN3O2/c1-8(10-3-4-11(13)18-10)16-6-5-15-7-9(16)12(17)14-2/h3-4,8-9,15H,5-7H2,1-2H3,(H,14,17). The van der Waals surface area contributed by atoms with Gasteiger partial charge in [0.15, 0.2) is 4.67 Å². The molecular formula is C12H18BrN3O2. The minimum atomic E-state index is -0.150. The lowest BCUT2D eigenvalue weighted by atomic mass is 10.1. The molecule has 100 valence electrons. The average Bonchev–Trinajstić information content (AvgIpc) is 2.83. The fourth-order valence-corrected chi connectivity index (χ4v) is 2.63. The predicted molar refractivity (Wildman–Crippen MR) is 72.3 cm³/mol. The van der Waals surface area contributed by atoms with Crippen molar-refractivity contribution in [2.45, 2.75) is 19.0 Å². The highest BCUT2D eigenvalue weighted by molar-refractivity contribution is 9.10. The molecular weight excluding hydrogens is 298 g/mol. The van der Waals surface area contributed by atoms with Crippen molar-refractivity contribution < 1.29 is 9.21 Å². The maximum atomic E-state index is 11.9. The fourth-order valence-electron chi connectivity index (χ4n) is 2.31. The van der Waals surface area contributed by atoms with Gasteiger partial charge in [-0.3, -0.25) is 9.69 Å². The Bertz CT molecular complexity index is 421. The quantitative estimate of drug-likeness (QED) is 0.877. The van der Waals surface area contributed by atoms with Crippen LogP contribution in [0.3, 0.4) is 0 Å². The zero-order valence-electron chi connectivity index (χ0n) is 10.6. The molecule has 2 rings (SSSR count). The number of hydrogen-bond donors (Lipinski definition) is 2. The van der Waals surface area contributed by atoms with E-state index in [0.717, 1.165) is 23.5 Å². The molecule has 0 saturated carbocycles. The summed E-state index contributed by atoms with van der Waals surface area (Å²) in [5.41, 5.74) is 0. The molecule has 2 N–H and O–H groups in total. The highest BCUT2D eigenvalue weighted by Crippen LogP contribution is 2.27. The van der Waals surface area contributed by atoms with E-state index in [1.807, 2.05) is 12.1 Å². The molecule has 0 bridgehead atoms. The highest BCUT2D eigenvalue weighted by Gasteiger charge is 2.32. The lowest BCUT2D eigenvalue weighted by Crippen LogP contribution is -2.57. The molecule has 5 nitrogen and oxygen atoms in total. The lowest BCUT2D eigenvalue weighted by Gasteiger charge is -2.38. The molecule has 0 spiro atoms. The summed E-state index contributed by atoms with van der Waals surface area (Å²) >= 11 is 3.31. The van der Waals surface area contributed by atoms with Crippen LogP contribution in [0.15, 0.2) is 21.2 Å². The van der Waals surface area contributed by atoms with E-state index in [9.17, 15) is 4.79 Å². The molecule has 1 amide bonds. The van der Waals surface area contributed by atoms with Crippen LogP contribution in [0.2, 0.25) is 0 Å². The Morgan fingerprint density at radius 3 is 3.06 bits per heavy atom. The Morgan fingerprint density at radius 1 is 1.67 bits per heavy atom. The van der Waals surface area contributed by atoms with Gasteiger partial charge in [-0.15, -0.1) is 0 Å². The molecule has 0 radical (unpaired) electrons. The third-order valence-corrected chi connectivity index (χ3v) is 3.76. The van der Waals surface area contributed by atoms with E-state index in [1.54, 1.807) is 7.05 Å². The van der Waals surface area contributed by atoms with Crippen molar-refractivity contribution in [3.05, 3.63) is 22.6 Å². The molecule has 1 aromatic heterocycles. The summed E-state index contributed by atoms with van der Waals surface area (Å²) in [6.07, 6.45) is 0. The van der Waals surface area contributed by atoms with Crippen molar-refractivity contribution in [1.82, 2.24) is 15.5 Å². The minimum absolute atomic E-state index is 0.0414. The predicted octanol–water partition coefficient (Wildman–Crippen LogP) is 1.12. The molecule has 2 heterocycles. The first kappa shape index (κ1) is 13.6. The third-order valence-electron chi connectivity index (χ3n) is 3.34. The van der Waals surface area contributed by atoms with Crippen LogP contribution in [-0.2, 0) is 4.79 Å². The summed E-state index contributed by atoms with van der Waals surface area (Å²) in [5, 5.41) is 5.96. The maximum Gasteiger partial charge on any atom is 0.238 e. The van der Waals surface area contributed by atoms with Gasteiger partial charge in [-0.25, -0.2) is 0 Å². The molecule has 1 aromatic rings. The summed E-state index contributed by atoms with van der Waals surface area (Å²) < 4.78 is 6.30. The third kappa shape index (κ3) is 2.76. The van der Waals surface area contributed by atoms with Gasteiger partial charge in [0, 0.05) is 26.7 Å². The summed E-state index contributed by atoms with van der Waals surface area (Å²) in [6.45, 7) is 4.45. The van der Waals surface area contributed by atoms with Crippen LogP contribution in [0, 0.1) is 0 Å². The monoisotopic (exact) mass is 315 g/mol. The van der Waals surface area contributed by atoms with Crippen molar-refractivity contribution >= 4 is 21.8 Å². The second kappa shape index (κ2) is 5.86. The van der Waals surface area contributed by atoms with E-state index < -0.39 is 0 Å². The van der Waals surface area contributed by atoms with E-state index in [1.165, 1.54) is 0 Å². The topological polar surface area (TPSA) is 57.5 Å². The van der Waals surface area contributed by atoms with Crippen LogP contribution in [0.5, 0.6) is 0 Å². The van der Waals surface area contributed by atoms with Gasteiger partial charge in [0.05, 0.1) is 6.04 Å². The van der Waals surface area contributed by atoms with Gasteiger partial charge in [0.25, 0.3) is 0 Å². The van der Waals surface area contributed by atoms with Crippen LogP contribution in [0.1, 0.15) is 18.7 Å². The summed E-state index contributed by atoms with van der Waals surface area (Å²) in [6, 6.07) is 3.75. The molecule has 6 heteroatoms. The van der Waals surface area contributed by atoms with Crippen LogP contribution in [0.4, 0.5) is 0 Å². The summed E-state index contributed by atoms with van der Waals surface area (Å²) in [5.74, 6) is 0.914. The fraction of sp³-hybridized carbons (Fsp3) is 0.583. The molecule has 0 aromatic carbocycles. The van der Waals surface area contributed by atoms with Crippen LogP contribution in [-0.4, -0.2) is 43.5 Å². The van der Waals surface area contributed by atoms with E-state index >= 15 is 0 Å². The maximum absolute atomic E-state index is 11.9. The van der Waals surface area contributed by atoms with Crippen molar-refractivity contribution in [2.24, 2.45) is 0 Å². The second-order valence-corrected chi connectivity index (χ2v) is 5.17. The Labute approximate surface area is 115 Å². The Kier molecular flexibility index (Phi) is 4.42. The summed E-state index contributed by atoms with van der Waals surface area (Å²) in [7, 11) is 1.67. The molecule has 1 saturated heterocycles. The Balaban J connectivity index is 2.15. The number of nitrogens with zero attached hydrogens (tertiary/aromatic N) is 1. The molecule has 1 fully saturated rings. The number of hydrogen-bond acceptors (Lipinski definition) is 4. The Morgan fingerprint density at radius 2 is 2.44 bits per heavy atom. The summed E-state index contributed by atoms with van der Waals surface area (Å²) in [4.78, 5) is 14.1. The van der Waals surface area contributed by atoms with Crippen molar-refractivity contribution in [1.29, 1.82) is 0 Å². The number of piperazine rings is 1. The number of carbonyl (C=O) groups is 1. The smallest absolute Gasteiger partial charge is 0.238 e. The Hall–Kier alpha value is -0.850. The SMILES string of the molecule is CNC(=O)C1CNCCN1C(C)c1ccc(Br)o1. The average molecular weight is 316 g/mol. The zero-order chi connectivity index (χ0) is 13.1. The van der Waals surface area contributed by atoms with E-state index in [2.05, 4.69) is 38.4 Å². The van der Waals surface area contributed by atoms with Crippen molar-refractivity contribution in [3.63, 3.8) is 0 Å². The van der Waals surface area contributed by atoms with Gasteiger partial charge < -0.3 is 15.1 Å². The largest absolute Gasteiger partial charge is 0.453 e. The van der Waals surface area contributed by atoms with Gasteiger partial charge in [-0.05, 0) is 35.0 Å². The van der Waals surface area contributed by atoms with E-state index in [0.29, 0.717) is 6.54 Å². The van der Waals surface area contributed by atoms with Crippen LogP contribution < -0.4 is 10.6 Å². The normalized spacial score (nSPS) is 22.7. The van der Waals surface area contributed by atoms with Crippen LogP contribution in [0.25, 0.3) is 0 Å². The first-order valence-electron chi connectivity index (χ1n) is 6.06. The molecule has 2 atom stereocenters.